The fraction of sp³-hybridized carbons (Fsp3) is 0.111. The molecule has 0 unspecified atom stereocenters. The lowest BCUT2D eigenvalue weighted by Crippen LogP contribution is -1.86. The maximum Gasteiger partial charge on any atom is 0.141 e. The molecular formula is C9H8Cl2O2. The van der Waals surface area contributed by atoms with Crippen molar-refractivity contribution < 1.29 is 9.84 Å². The topological polar surface area (TPSA) is 29.5 Å². The molecule has 0 saturated heterocycles. The Morgan fingerprint density at radius 1 is 1.46 bits per heavy atom. The third kappa shape index (κ3) is 3.68. The molecule has 0 atom stereocenters. The zero-order chi connectivity index (χ0) is 9.68. The summed E-state index contributed by atoms with van der Waals surface area (Å²) in [6, 6.07) is 7.01. The summed E-state index contributed by atoms with van der Waals surface area (Å²) >= 11 is 10.7. The zero-order valence-electron chi connectivity index (χ0n) is 6.71. The predicted molar refractivity (Wildman–Crippen MR) is 52.8 cm³/mol. The van der Waals surface area contributed by atoms with Gasteiger partial charge in [-0.15, -0.1) is 0 Å². The van der Waals surface area contributed by atoms with Gasteiger partial charge in [0.05, 0.1) is 6.61 Å². The summed E-state index contributed by atoms with van der Waals surface area (Å²) in [6.45, 7) is -0.0183. The highest BCUT2D eigenvalue weighted by atomic mass is 35.5. The summed E-state index contributed by atoms with van der Waals surface area (Å²) in [5.74, 6) is 0.588. The Kier molecular flexibility index (Phi) is 4.09. The molecule has 13 heavy (non-hydrogen) atoms. The first-order valence-electron chi connectivity index (χ1n) is 3.60. The van der Waals surface area contributed by atoms with E-state index in [0.717, 1.165) is 5.56 Å². The van der Waals surface area contributed by atoms with Crippen LogP contribution in [0.15, 0.2) is 35.0 Å². The van der Waals surface area contributed by atoms with Crippen LogP contribution in [0, 0.1) is 0 Å². The molecule has 0 aliphatic carbocycles. The molecule has 0 aliphatic rings. The second-order valence-corrected chi connectivity index (χ2v) is 3.34. The number of aliphatic hydroxyl groups is 1. The molecule has 0 heterocycles. The van der Waals surface area contributed by atoms with Crippen molar-refractivity contribution in [3.63, 3.8) is 0 Å². The number of rotatable bonds is 3. The predicted octanol–water partition coefficient (Wildman–Crippen LogP) is 2.83. The van der Waals surface area contributed by atoms with E-state index >= 15 is 0 Å². The van der Waals surface area contributed by atoms with Crippen molar-refractivity contribution in [3.8, 4) is 5.75 Å². The van der Waals surface area contributed by atoms with Gasteiger partial charge in [-0.3, -0.25) is 0 Å². The highest BCUT2D eigenvalue weighted by molar-refractivity contribution is 6.55. The van der Waals surface area contributed by atoms with E-state index < -0.39 is 0 Å². The van der Waals surface area contributed by atoms with E-state index in [4.69, 9.17) is 33.0 Å². The number of hydrogen-bond acceptors (Lipinski definition) is 2. The monoisotopic (exact) mass is 218 g/mol. The minimum Gasteiger partial charge on any atom is -0.462 e. The lowest BCUT2D eigenvalue weighted by Gasteiger charge is -2.01. The second-order valence-electron chi connectivity index (χ2n) is 2.33. The van der Waals surface area contributed by atoms with Crippen LogP contribution in [-0.4, -0.2) is 5.11 Å². The molecule has 0 radical (unpaired) electrons. The van der Waals surface area contributed by atoms with Gasteiger partial charge in [-0.05, 0) is 17.7 Å². The van der Waals surface area contributed by atoms with Crippen molar-refractivity contribution in [1.82, 2.24) is 0 Å². The van der Waals surface area contributed by atoms with Crippen molar-refractivity contribution >= 4 is 23.2 Å². The van der Waals surface area contributed by atoms with E-state index in [1.165, 1.54) is 6.26 Å². The second kappa shape index (κ2) is 5.12. The Labute approximate surface area is 86.4 Å². The Morgan fingerprint density at radius 3 is 2.85 bits per heavy atom. The molecule has 0 aliphatic heterocycles. The maximum absolute atomic E-state index is 8.82. The third-order valence-electron chi connectivity index (χ3n) is 1.37. The van der Waals surface area contributed by atoms with Crippen LogP contribution in [0.1, 0.15) is 5.56 Å². The fourth-order valence-corrected chi connectivity index (χ4v) is 0.919. The molecular weight excluding hydrogens is 211 g/mol. The van der Waals surface area contributed by atoms with Gasteiger partial charge in [0, 0.05) is 0 Å². The van der Waals surface area contributed by atoms with Crippen LogP contribution in [0.3, 0.4) is 0 Å². The Morgan fingerprint density at radius 2 is 2.23 bits per heavy atom. The van der Waals surface area contributed by atoms with Crippen LogP contribution in [-0.2, 0) is 6.61 Å². The summed E-state index contributed by atoms with van der Waals surface area (Å²) < 4.78 is 5.12. The molecule has 1 aromatic rings. The van der Waals surface area contributed by atoms with Crippen molar-refractivity contribution in [2.75, 3.05) is 0 Å². The van der Waals surface area contributed by atoms with Crippen molar-refractivity contribution in [2.45, 2.75) is 6.61 Å². The molecule has 0 aromatic heterocycles. The van der Waals surface area contributed by atoms with Crippen LogP contribution >= 0.6 is 23.2 Å². The van der Waals surface area contributed by atoms with Crippen LogP contribution in [0.4, 0.5) is 0 Å². The lowest BCUT2D eigenvalue weighted by atomic mass is 10.2. The van der Waals surface area contributed by atoms with Gasteiger partial charge in [0.2, 0.25) is 0 Å². The van der Waals surface area contributed by atoms with E-state index in [-0.39, 0.29) is 11.1 Å². The highest BCUT2D eigenvalue weighted by Gasteiger charge is 1.94. The van der Waals surface area contributed by atoms with Gasteiger partial charge < -0.3 is 9.84 Å². The van der Waals surface area contributed by atoms with Gasteiger partial charge in [-0.2, -0.15) is 0 Å². The van der Waals surface area contributed by atoms with Crippen molar-refractivity contribution in [2.24, 2.45) is 0 Å². The Balaban J connectivity index is 2.72. The Hall–Kier alpha value is -0.700. The van der Waals surface area contributed by atoms with E-state index in [9.17, 15) is 0 Å². The summed E-state index contributed by atoms with van der Waals surface area (Å²) in [5, 5.41) is 8.82. The average Bonchev–Trinajstić information content (AvgIpc) is 2.15. The molecule has 1 N–H and O–H groups in total. The van der Waals surface area contributed by atoms with E-state index in [1.807, 2.05) is 0 Å². The number of benzene rings is 1. The van der Waals surface area contributed by atoms with Crippen LogP contribution in [0.25, 0.3) is 0 Å². The third-order valence-corrected chi connectivity index (χ3v) is 1.54. The minimum absolute atomic E-state index is 0.0183. The summed E-state index contributed by atoms with van der Waals surface area (Å²) in [6.07, 6.45) is 1.22. The van der Waals surface area contributed by atoms with Crippen molar-refractivity contribution in [1.29, 1.82) is 0 Å². The van der Waals surface area contributed by atoms with Gasteiger partial charge in [-0.25, -0.2) is 0 Å². The van der Waals surface area contributed by atoms with E-state index in [2.05, 4.69) is 0 Å². The number of hydrogen-bond donors (Lipinski definition) is 1. The molecule has 0 amide bonds. The van der Waals surface area contributed by atoms with E-state index in [1.54, 1.807) is 24.3 Å². The van der Waals surface area contributed by atoms with Gasteiger partial charge in [0.15, 0.2) is 0 Å². The molecule has 0 saturated carbocycles. The number of ether oxygens (including phenoxy) is 1. The lowest BCUT2D eigenvalue weighted by molar-refractivity contribution is 0.281. The van der Waals surface area contributed by atoms with Crippen molar-refractivity contribution in [3.05, 3.63) is 40.6 Å². The van der Waals surface area contributed by atoms with Gasteiger partial charge in [0.1, 0.15) is 16.5 Å². The zero-order valence-corrected chi connectivity index (χ0v) is 8.22. The first-order valence-corrected chi connectivity index (χ1v) is 4.35. The SMILES string of the molecule is OCc1cccc(OC=C(Cl)Cl)c1. The molecule has 0 fully saturated rings. The Bertz CT molecular complexity index is 306. The average molecular weight is 219 g/mol. The first kappa shape index (κ1) is 10.4. The summed E-state index contributed by atoms with van der Waals surface area (Å²) in [4.78, 5) is 0. The highest BCUT2D eigenvalue weighted by Crippen LogP contribution is 2.15. The molecule has 4 heteroatoms. The largest absolute Gasteiger partial charge is 0.462 e. The molecule has 2 nitrogen and oxygen atoms in total. The van der Waals surface area contributed by atoms with Crippen LogP contribution in [0.2, 0.25) is 0 Å². The minimum atomic E-state index is -0.0183. The molecule has 0 bridgehead atoms. The molecule has 1 rings (SSSR count). The smallest absolute Gasteiger partial charge is 0.141 e. The van der Waals surface area contributed by atoms with Crippen LogP contribution in [0.5, 0.6) is 5.75 Å². The standard InChI is InChI=1S/C9H8Cl2O2/c10-9(11)6-13-8-3-1-2-7(4-8)5-12/h1-4,6,12H,5H2. The molecule has 0 spiro atoms. The molecule has 70 valence electrons. The number of halogens is 2. The summed E-state index contributed by atoms with van der Waals surface area (Å²) in [7, 11) is 0. The normalized spacial score (nSPS) is 9.46. The van der Waals surface area contributed by atoms with Crippen LogP contribution < -0.4 is 4.74 Å². The number of aliphatic hydroxyl groups excluding tert-OH is 1. The summed E-state index contributed by atoms with van der Waals surface area (Å²) in [5.41, 5.74) is 0.775. The fourth-order valence-electron chi connectivity index (χ4n) is 0.830. The molecule has 1 aromatic carbocycles. The van der Waals surface area contributed by atoms with E-state index in [0.29, 0.717) is 5.75 Å². The maximum atomic E-state index is 8.82. The van der Waals surface area contributed by atoms with Gasteiger partial charge in [0.25, 0.3) is 0 Å². The van der Waals surface area contributed by atoms with Gasteiger partial charge in [-0.1, -0.05) is 35.3 Å². The van der Waals surface area contributed by atoms with Gasteiger partial charge >= 0.3 is 0 Å². The first-order chi connectivity index (χ1) is 6.22. The quantitative estimate of drug-likeness (QED) is 0.792.